The van der Waals surface area contributed by atoms with E-state index in [4.69, 9.17) is 26.1 Å². The van der Waals surface area contributed by atoms with Gasteiger partial charge in [0.05, 0.1) is 24.1 Å². The maximum absolute atomic E-state index is 12.8. The van der Waals surface area contributed by atoms with Gasteiger partial charge in [0.15, 0.2) is 11.5 Å². The molecule has 0 aliphatic rings. The second kappa shape index (κ2) is 13.9. The topological polar surface area (TPSA) is 84.2 Å². The molecule has 8 heteroatoms. The molecule has 5 aromatic rings. The summed E-state index contributed by atoms with van der Waals surface area (Å²) in [5, 5.41) is 14.1. The number of benzene rings is 4. The van der Waals surface area contributed by atoms with Crippen molar-refractivity contribution in [1.29, 1.82) is 5.26 Å². The zero-order chi connectivity index (χ0) is 30.2. The number of carbonyl (C=O) groups is 1. The van der Waals surface area contributed by atoms with Gasteiger partial charge in [-0.25, -0.2) is 4.98 Å². The van der Waals surface area contributed by atoms with E-state index in [0.717, 1.165) is 22.3 Å². The van der Waals surface area contributed by atoms with Crippen LogP contribution in [0.1, 0.15) is 16.7 Å². The number of anilines is 1. The molecule has 6 nitrogen and oxygen atoms in total. The molecule has 214 valence electrons. The lowest BCUT2D eigenvalue weighted by atomic mass is 9.98. The van der Waals surface area contributed by atoms with E-state index in [1.165, 1.54) is 11.8 Å². The number of carbonyl (C=O) groups excluding carboxylic acids is 1. The van der Waals surface area contributed by atoms with Crippen LogP contribution in [0.5, 0.6) is 11.5 Å². The number of aryl methyl sites for hydroxylation is 1. The summed E-state index contributed by atoms with van der Waals surface area (Å²) in [5.74, 6) is 0.956. The summed E-state index contributed by atoms with van der Waals surface area (Å²) in [6.45, 7) is 2.42. The van der Waals surface area contributed by atoms with Gasteiger partial charge in [-0.1, -0.05) is 95.7 Å². The van der Waals surface area contributed by atoms with Crippen LogP contribution < -0.4 is 14.8 Å². The van der Waals surface area contributed by atoms with E-state index < -0.39 is 0 Å². The number of rotatable bonds is 10. The monoisotopic (exact) mass is 605 g/mol. The summed E-state index contributed by atoms with van der Waals surface area (Å²) >= 11 is 7.27. The molecule has 0 unspecified atom stereocenters. The van der Waals surface area contributed by atoms with E-state index in [2.05, 4.69) is 11.4 Å². The van der Waals surface area contributed by atoms with Gasteiger partial charge in [0.1, 0.15) is 17.7 Å². The average Bonchev–Trinajstić information content (AvgIpc) is 3.03. The van der Waals surface area contributed by atoms with Crippen LogP contribution in [-0.4, -0.2) is 23.8 Å². The van der Waals surface area contributed by atoms with Crippen LogP contribution in [0.2, 0.25) is 5.02 Å². The lowest BCUT2D eigenvalue weighted by Gasteiger charge is -2.15. The number of nitriles is 1. The van der Waals surface area contributed by atoms with Crippen LogP contribution >= 0.6 is 23.4 Å². The van der Waals surface area contributed by atoms with E-state index in [1.54, 1.807) is 31.4 Å². The molecule has 0 radical (unpaired) electrons. The summed E-state index contributed by atoms with van der Waals surface area (Å²) in [4.78, 5) is 17.6. The zero-order valence-corrected chi connectivity index (χ0v) is 25.2. The SMILES string of the molecule is COc1cc(-c2cc(-c3ccc(C)cc3)nc(SCC(=O)Nc3cccc(Cl)c3)c2C#N)ccc1OCc1ccccc1. The maximum Gasteiger partial charge on any atom is 0.234 e. The highest BCUT2D eigenvalue weighted by molar-refractivity contribution is 8.00. The smallest absolute Gasteiger partial charge is 0.234 e. The van der Waals surface area contributed by atoms with E-state index >= 15 is 0 Å². The Morgan fingerprint density at radius 2 is 1.70 bits per heavy atom. The fourth-order valence-corrected chi connectivity index (χ4v) is 5.41. The number of nitrogens with one attached hydrogen (secondary N) is 1. The predicted molar refractivity (Wildman–Crippen MR) is 173 cm³/mol. The standard InChI is InChI=1S/C35H28ClN3O3S/c1-23-11-13-25(14-12-23)31-19-29(26-15-16-32(33(17-26)41-2)42-21-24-7-4-3-5-8-24)30(20-37)35(39-31)43-22-34(40)38-28-10-6-9-27(36)18-28/h3-19H,21-22H2,1-2H3,(H,38,40). The van der Waals surface area contributed by atoms with Crippen LogP contribution in [0.4, 0.5) is 5.69 Å². The Bertz CT molecular complexity index is 1790. The number of ether oxygens (including phenoxy) is 2. The molecule has 0 atom stereocenters. The number of pyridine rings is 1. The molecule has 0 saturated carbocycles. The van der Waals surface area contributed by atoms with Gasteiger partial charge in [0.2, 0.25) is 5.91 Å². The Labute approximate surface area is 260 Å². The van der Waals surface area contributed by atoms with Gasteiger partial charge < -0.3 is 14.8 Å². The first-order valence-corrected chi connectivity index (χ1v) is 14.9. The average molecular weight is 606 g/mol. The van der Waals surface area contributed by atoms with Gasteiger partial charge in [0, 0.05) is 21.8 Å². The second-order valence-corrected chi connectivity index (χ2v) is 11.1. The van der Waals surface area contributed by atoms with E-state index in [-0.39, 0.29) is 11.7 Å². The fraction of sp³-hybridized carbons (Fsp3) is 0.114. The van der Waals surface area contributed by atoms with E-state index in [1.807, 2.05) is 85.8 Å². The van der Waals surface area contributed by atoms with E-state index in [0.29, 0.717) is 50.7 Å². The summed E-state index contributed by atoms with van der Waals surface area (Å²) in [7, 11) is 1.59. The molecular weight excluding hydrogens is 578 g/mol. The van der Waals surface area contributed by atoms with Gasteiger partial charge in [-0.3, -0.25) is 4.79 Å². The molecule has 1 aromatic heterocycles. The number of hydrogen-bond acceptors (Lipinski definition) is 6. The van der Waals surface area contributed by atoms with Crippen molar-refractivity contribution in [3.8, 4) is 40.0 Å². The summed E-state index contributed by atoms with van der Waals surface area (Å²) in [6, 6.07) is 34.7. The third kappa shape index (κ3) is 7.55. The minimum absolute atomic E-state index is 0.0561. The third-order valence-electron chi connectivity index (χ3n) is 6.61. The Hall–Kier alpha value is -4.77. The molecule has 0 aliphatic carbocycles. The van der Waals surface area contributed by atoms with Crippen LogP contribution in [0.15, 0.2) is 108 Å². The molecule has 0 fully saturated rings. The first-order valence-electron chi connectivity index (χ1n) is 13.5. The maximum atomic E-state index is 12.8. The van der Waals surface area contributed by atoms with Crippen molar-refractivity contribution in [3.63, 3.8) is 0 Å². The number of nitrogens with zero attached hydrogens (tertiary/aromatic N) is 2. The van der Waals surface area contributed by atoms with Crippen molar-refractivity contribution in [2.24, 2.45) is 0 Å². The molecule has 0 spiro atoms. The molecule has 0 saturated heterocycles. The first kappa shape index (κ1) is 29.7. The highest BCUT2D eigenvalue weighted by atomic mass is 35.5. The first-order chi connectivity index (χ1) is 20.9. The van der Waals surface area contributed by atoms with Gasteiger partial charge >= 0.3 is 0 Å². The summed E-state index contributed by atoms with van der Waals surface area (Å²) in [6.07, 6.45) is 0. The van der Waals surface area contributed by atoms with Crippen LogP contribution in [0.25, 0.3) is 22.4 Å². The normalized spacial score (nSPS) is 10.6. The highest BCUT2D eigenvalue weighted by Crippen LogP contribution is 2.38. The molecule has 0 aliphatic heterocycles. The number of halogens is 1. The van der Waals surface area contributed by atoms with Crippen molar-refractivity contribution in [2.45, 2.75) is 18.6 Å². The van der Waals surface area contributed by atoms with Gasteiger partial charge in [-0.05, 0) is 54.4 Å². The molecule has 5 rings (SSSR count). The van der Waals surface area contributed by atoms with Crippen molar-refractivity contribution < 1.29 is 14.3 Å². The molecule has 4 aromatic carbocycles. The van der Waals surface area contributed by atoms with Crippen molar-refractivity contribution in [2.75, 3.05) is 18.2 Å². The Balaban J connectivity index is 1.48. The van der Waals surface area contributed by atoms with Crippen LogP contribution in [-0.2, 0) is 11.4 Å². The molecule has 0 bridgehead atoms. The Morgan fingerprint density at radius 1 is 0.930 bits per heavy atom. The number of thioether (sulfide) groups is 1. The van der Waals surface area contributed by atoms with Gasteiger partial charge in [-0.15, -0.1) is 0 Å². The minimum atomic E-state index is -0.234. The van der Waals surface area contributed by atoms with Crippen LogP contribution in [0, 0.1) is 18.3 Å². The second-order valence-electron chi connectivity index (χ2n) is 9.70. The number of hydrogen-bond donors (Lipinski definition) is 1. The predicted octanol–water partition coefficient (Wildman–Crippen LogP) is 8.57. The molecule has 1 N–H and O–H groups in total. The van der Waals surface area contributed by atoms with E-state index in [9.17, 15) is 10.1 Å². The van der Waals surface area contributed by atoms with Crippen molar-refractivity contribution in [1.82, 2.24) is 4.98 Å². The quantitative estimate of drug-likeness (QED) is 0.161. The number of methoxy groups -OCH3 is 1. The Kier molecular flexibility index (Phi) is 9.63. The number of amides is 1. The molecule has 1 heterocycles. The van der Waals surface area contributed by atoms with Crippen molar-refractivity contribution in [3.05, 3.63) is 125 Å². The third-order valence-corrected chi connectivity index (χ3v) is 7.82. The fourth-order valence-electron chi connectivity index (χ4n) is 4.42. The zero-order valence-electron chi connectivity index (χ0n) is 23.6. The molecular formula is C35H28ClN3O3S. The lowest BCUT2D eigenvalue weighted by molar-refractivity contribution is -0.113. The summed E-state index contributed by atoms with van der Waals surface area (Å²) < 4.78 is 11.7. The largest absolute Gasteiger partial charge is 0.493 e. The lowest BCUT2D eigenvalue weighted by Crippen LogP contribution is -2.14. The van der Waals surface area contributed by atoms with Gasteiger partial charge in [-0.2, -0.15) is 5.26 Å². The minimum Gasteiger partial charge on any atom is -0.493 e. The molecule has 1 amide bonds. The summed E-state index contributed by atoms with van der Waals surface area (Å²) in [5.41, 5.74) is 6.17. The van der Waals surface area contributed by atoms with Gasteiger partial charge in [0.25, 0.3) is 0 Å². The van der Waals surface area contributed by atoms with Crippen LogP contribution in [0.3, 0.4) is 0 Å². The highest BCUT2D eigenvalue weighted by Gasteiger charge is 2.19. The number of aromatic nitrogens is 1. The van der Waals surface area contributed by atoms with Crippen molar-refractivity contribution >= 4 is 35.0 Å². The Morgan fingerprint density at radius 3 is 2.42 bits per heavy atom. The molecule has 43 heavy (non-hydrogen) atoms.